The van der Waals surface area contributed by atoms with Crippen molar-refractivity contribution >= 4 is 27.7 Å². The summed E-state index contributed by atoms with van der Waals surface area (Å²) in [5, 5.41) is 20.4. The van der Waals surface area contributed by atoms with E-state index in [1.165, 1.54) is 7.11 Å². The second kappa shape index (κ2) is 13.0. The van der Waals surface area contributed by atoms with Crippen LogP contribution >= 0.6 is 15.9 Å². The Morgan fingerprint density at radius 1 is 0.903 bits per heavy atom. The molecule has 1 aromatic carbocycles. The maximum atomic E-state index is 8.89. The first-order valence-corrected chi connectivity index (χ1v) is 11.0. The summed E-state index contributed by atoms with van der Waals surface area (Å²) in [6.45, 7) is 7.94. The molecule has 31 heavy (non-hydrogen) atoms. The van der Waals surface area contributed by atoms with Crippen LogP contribution in [0, 0.1) is 10.8 Å². The van der Waals surface area contributed by atoms with Gasteiger partial charge in [-0.15, -0.1) is 0 Å². The van der Waals surface area contributed by atoms with Gasteiger partial charge in [0.25, 0.3) is 5.79 Å². The Hall–Kier alpha value is -1.72. The van der Waals surface area contributed by atoms with Gasteiger partial charge in [-0.3, -0.25) is 10.8 Å². The van der Waals surface area contributed by atoms with Crippen molar-refractivity contribution in [2.45, 2.75) is 45.8 Å². The summed E-state index contributed by atoms with van der Waals surface area (Å²) in [5.41, 5.74) is 0.809. The van der Waals surface area contributed by atoms with E-state index in [1.54, 1.807) is 34.8 Å². The molecule has 176 valence electrons. The van der Waals surface area contributed by atoms with Gasteiger partial charge in [0.2, 0.25) is 5.90 Å². The first-order valence-electron chi connectivity index (χ1n) is 10.2. The molecule has 0 aliphatic carbocycles. The van der Waals surface area contributed by atoms with E-state index in [2.05, 4.69) is 21.2 Å². The molecule has 0 bridgehead atoms. The highest BCUT2D eigenvalue weighted by atomic mass is 79.9. The fraction of sp³-hybridized carbons (Fsp3) is 0.619. The molecule has 0 amide bonds. The van der Waals surface area contributed by atoms with E-state index in [0.29, 0.717) is 5.75 Å². The second-order valence-electron chi connectivity index (χ2n) is 6.18. The zero-order chi connectivity index (χ0) is 23.5. The predicted molar refractivity (Wildman–Crippen MR) is 122 cm³/mol. The van der Waals surface area contributed by atoms with Crippen molar-refractivity contribution in [1.82, 2.24) is 5.32 Å². The fourth-order valence-corrected chi connectivity index (χ4v) is 3.59. The molecule has 0 aliphatic rings. The molecule has 0 spiro atoms. The summed E-state index contributed by atoms with van der Waals surface area (Å²) in [4.78, 5) is 0. The molecule has 10 heteroatoms. The van der Waals surface area contributed by atoms with Crippen LogP contribution in [0.2, 0.25) is 0 Å². The summed E-state index contributed by atoms with van der Waals surface area (Å²) in [7, 11) is 2.92. The van der Waals surface area contributed by atoms with Gasteiger partial charge in [-0.05, 0) is 45.9 Å². The molecule has 0 saturated carbocycles. The average Bonchev–Trinajstić information content (AvgIpc) is 2.76. The standard InChI is InChI=1S/C21H34BrN3O6/c1-7-28-20(29-8-2,21(30-9-3,31-10-4)19(24)27-6)18(23)25-14-15-13-16(22)11-12-17(15)26-5/h11-13,24H,7-10,14H2,1-6H3,(H2,23,25). The number of halogens is 1. The zero-order valence-electron chi connectivity index (χ0n) is 19.1. The van der Waals surface area contributed by atoms with Gasteiger partial charge in [-0.25, -0.2) is 0 Å². The number of rotatable bonds is 14. The molecule has 3 N–H and O–H groups in total. The molecule has 1 rings (SSSR count). The van der Waals surface area contributed by atoms with E-state index in [4.69, 9.17) is 39.2 Å². The molecule has 0 atom stereocenters. The number of benzene rings is 1. The summed E-state index contributed by atoms with van der Waals surface area (Å²) in [5.74, 6) is -3.73. The summed E-state index contributed by atoms with van der Waals surface area (Å²) >= 11 is 3.45. The minimum atomic E-state index is -1.93. The number of amidine groups is 1. The van der Waals surface area contributed by atoms with Gasteiger partial charge in [0.15, 0.2) is 5.84 Å². The zero-order valence-corrected chi connectivity index (χ0v) is 20.7. The molecule has 0 unspecified atom stereocenters. The minimum Gasteiger partial charge on any atom is -0.496 e. The molecule has 0 aromatic heterocycles. The van der Waals surface area contributed by atoms with Crippen LogP contribution in [0.15, 0.2) is 22.7 Å². The van der Waals surface area contributed by atoms with E-state index in [9.17, 15) is 0 Å². The van der Waals surface area contributed by atoms with Crippen LogP contribution in [0.1, 0.15) is 33.3 Å². The Labute approximate surface area is 192 Å². The number of ether oxygens (including phenoxy) is 6. The Kier molecular flexibility index (Phi) is 11.4. The van der Waals surface area contributed by atoms with Gasteiger partial charge < -0.3 is 33.7 Å². The van der Waals surface area contributed by atoms with Crippen LogP contribution in [0.3, 0.4) is 0 Å². The summed E-state index contributed by atoms with van der Waals surface area (Å²) in [6, 6.07) is 5.58. The van der Waals surface area contributed by atoms with Crippen molar-refractivity contribution in [2.75, 3.05) is 40.6 Å². The highest BCUT2D eigenvalue weighted by molar-refractivity contribution is 9.10. The summed E-state index contributed by atoms with van der Waals surface area (Å²) < 4.78 is 35.2. The van der Waals surface area contributed by atoms with Crippen LogP contribution in [-0.4, -0.2) is 64.0 Å². The number of methoxy groups -OCH3 is 2. The first-order chi connectivity index (χ1) is 14.8. The van der Waals surface area contributed by atoms with Crippen molar-refractivity contribution in [3.05, 3.63) is 28.2 Å². The lowest BCUT2D eigenvalue weighted by atomic mass is 10.0. The van der Waals surface area contributed by atoms with Crippen molar-refractivity contribution in [3.63, 3.8) is 0 Å². The van der Waals surface area contributed by atoms with Crippen molar-refractivity contribution in [2.24, 2.45) is 0 Å². The number of nitrogens with one attached hydrogen (secondary N) is 3. The van der Waals surface area contributed by atoms with E-state index < -0.39 is 11.6 Å². The first kappa shape index (κ1) is 27.3. The predicted octanol–water partition coefficient (Wildman–Crippen LogP) is 3.69. The maximum absolute atomic E-state index is 8.89. The van der Waals surface area contributed by atoms with Crippen molar-refractivity contribution in [3.8, 4) is 5.75 Å². The number of hydrogen-bond donors (Lipinski definition) is 3. The monoisotopic (exact) mass is 503 g/mol. The summed E-state index contributed by atoms with van der Waals surface area (Å²) in [6.07, 6.45) is 0. The Morgan fingerprint density at radius 2 is 1.42 bits per heavy atom. The van der Waals surface area contributed by atoms with Gasteiger partial charge in [-0.1, -0.05) is 15.9 Å². The van der Waals surface area contributed by atoms with Crippen LogP contribution in [0.25, 0.3) is 0 Å². The van der Waals surface area contributed by atoms with Gasteiger partial charge in [0.1, 0.15) is 5.75 Å². The van der Waals surface area contributed by atoms with Crippen LogP contribution in [0.5, 0.6) is 5.75 Å². The average molecular weight is 504 g/mol. The largest absolute Gasteiger partial charge is 0.496 e. The minimum absolute atomic E-state index is 0.167. The van der Waals surface area contributed by atoms with Crippen molar-refractivity contribution in [1.29, 1.82) is 10.8 Å². The topological polar surface area (TPSA) is 115 Å². The third-order valence-corrected chi connectivity index (χ3v) is 4.85. The van der Waals surface area contributed by atoms with Crippen LogP contribution in [-0.2, 0) is 30.2 Å². The van der Waals surface area contributed by atoms with Gasteiger partial charge >= 0.3 is 5.79 Å². The lowest BCUT2D eigenvalue weighted by Crippen LogP contribution is -2.71. The van der Waals surface area contributed by atoms with E-state index >= 15 is 0 Å². The highest BCUT2D eigenvalue weighted by Crippen LogP contribution is 2.36. The SMILES string of the molecule is CCOC(OCC)(C(=N)NCc1cc(Br)ccc1OC)C(OCC)(OCC)C(=N)OC. The van der Waals surface area contributed by atoms with E-state index in [-0.39, 0.29) is 44.7 Å². The molecule has 0 fully saturated rings. The smallest absolute Gasteiger partial charge is 0.310 e. The quantitative estimate of drug-likeness (QED) is 0.201. The molecular weight excluding hydrogens is 470 g/mol. The lowest BCUT2D eigenvalue weighted by Gasteiger charge is -2.46. The van der Waals surface area contributed by atoms with Crippen LogP contribution in [0.4, 0.5) is 0 Å². The Bertz CT molecular complexity index is 719. The van der Waals surface area contributed by atoms with Crippen LogP contribution < -0.4 is 10.1 Å². The normalized spacial score (nSPS) is 11.8. The van der Waals surface area contributed by atoms with Gasteiger partial charge in [-0.2, -0.15) is 0 Å². The molecule has 0 radical (unpaired) electrons. The third kappa shape index (κ3) is 5.95. The molecule has 0 aliphatic heterocycles. The molecule has 0 saturated heterocycles. The van der Waals surface area contributed by atoms with Gasteiger partial charge in [0.05, 0.1) is 14.2 Å². The molecule has 9 nitrogen and oxygen atoms in total. The Morgan fingerprint density at radius 3 is 1.87 bits per heavy atom. The molecular formula is C21H34BrN3O6. The second-order valence-corrected chi connectivity index (χ2v) is 7.10. The number of hydrogen-bond acceptors (Lipinski definition) is 8. The fourth-order valence-electron chi connectivity index (χ4n) is 3.19. The van der Waals surface area contributed by atoms with E-state index in [1.807, 2.05) is 18.2 Å². The van der Waals surface area contributed by atoms with Crippen molar-refractivity contribution < 1.29 is 28.4 Å². The molecule has 0 heterocycles. The van der Waals surface area contributed by atoms with Gasteiger partial charge in [0, 0.05) is 43.0 Å². The Balaban J connectivity index is 3.48. The molecule has 1 aromatic rings. The van der Waals surface area contributed by atoms with E-state index in [0.717, 1.165) is 10.0 Å². The maximum Gasteiger partial charge on any atom is 0.310 e. The highest BCUT2D eigenvalue weighted by Gasteiger charge is 2.64. The third-order valence-electron chi connectivity index (χ3n) is 4.35. The lowest BCUT2D eigenvalue weighted by molar-refractivity contribution is -0.352.